The number of rotatable bonds is 6. The van der Waals surface area contributed by atoms with Crippen LogP contribution in [0.15, 0.2) is 54.6 Å². The first-order chi connectivity index (χ1) is 10.8. The number of hydrogen-bond acceptors (Lipinski definition) is 3. The molecule has 1 N–H and O–H groups in total. The maximum absolute atomic E-state index is 12.1. The highest BCUT2D eigenvalue weighted by molar-refractivity contribution is 7.88. The number of aryl methyl sites for hydroxylation is 1. The number of nitrogens with zero attached hydrogens (tertiary/aromatic N) is 1. The Balaban J connectivity index is 2.07. The zero-order valence-corrected chi connectivity index (χ0v) is 14.0. The van der Waals surface area contributed by atoms with Crippen molar-refractivity contribution in [3.63, 3.8) is 0 Å². The van der Waals surface area contributed by atoms with Gasteiger partial charge in [-0.15, -0.1) is 0 Å². The molecule has 0 aliphatic carbocycles. The lowest BCUT2D eigenvalue weighted by Crippen LogP contribution is -2.36. The van der Waals surface area contributed by atoms with Crippen molar-refractivity contribution < 1.29 is 13.2 Å². The lowest BCUT2D eigenvalue weighted by Gasteiger charge is -2.19. The van der Waals surface area contributed by atoms with Gasteiger partial charge in [0.2, 0.25) is 15.9 Å². The maximum atomic E-state index is 12.1. The van der Waals surface area contributed by atoms with E-state index in [2.05, 4.69) is 5.32 Å². The second-order valence-corrected chi connectivity index (χ2v) is 7.41. The van der Waals surface area contributed by atoms with Gasteiger partial charge in [0.05, 0.1) is 12.8 Å². The third kappa shape index (κ3) is 5.50. The fraction of sp³-hybridized carbons (Fsp3) is 0.235. The molecule has 0 saturated carbocycles. The normalized spacial score (nSPS) is 11.4. The summed E-state index contributed by atoms with van der Waals surface area (Å²) < 4.78 is 25.0. The van der Waals surface area contributed by atoms with Gasteiger partial charge in [-0.05, 0) is 24.6 Å². The molecule has 5 nitrogen and oxygen atoms in total. The van der Waals surface area contributed by atoms with Gasteiger partial charge in [-0.2, -0.15) is 4.31 Å². The minimum absolute atomic E-state index is 0.168. The van der Waals surface area contributed by atoms with Crippen LogP contribution >= 0.6 is 0 Å². The Hall–Kier alpha value is -2.18. The van der Waals surface area contributed by atoms with Gasteiger partial charge < -0.3 is 5.32 Å². The van der Waals surface area contributed by atoms with Gasteiger partial charge in [-0.3, -0.25) is 4.79 Å². The molecule has 23 heavy (non-hydrogen) atoms. The van der Waals surface area contributed by atoms with E-state index < -0.39 is 10.0 Å². The molecule has 122 valence electrons. The van der Waals surface area contributed by atoms with Crippen LogP contribution in [0.5, 0.6) is 0 Å². The van der Waals surface area contributed by atoms with Crippen molar-refractivity contribution in [1.82, 2.24) is 4.31 Å². The van der Waals surface area contributed by atoms with E-state index in [1.165, 1.54) is 0 Å². The number of hydrogen-bond donors (Lipinski definition) is 1. The molecule has 0 aromatic heterocycles. The Morgan fingerprint density at radius 1 is 1.04 bits per heavy atom. The number of para-hydroxylation sites is 1. The first kappa shape index (κ1) is 17.2. The second kappa shape index (κ2) is 7.39. The van der Waals surface area contributed by atoms with Gasteiger partial charge in [0, 0.05) is 12.2 Å². The summed E-state index contributed by atoms with van der Waals surface area (Å²) >= 11 is 0. The second-order valence-electron chi connectivity index (χ2n) is 5.43. The van der Waals surface area contributed by atoms with Gasteiger partial charge in [0.15, 0.2) is 0 Å². The van der Waals surface area contributed by atoms with E-state index in [-0.39, 0.29) is 19.0 Å². The maximum Gasteiger partial charge on any atom is 0.239 e. The number of carbonyl (C=O) groups excluding carboxylic acids is 1. The third-order valence-corrected chi connectivity index (χ3v) is 4.52. The SMILES string of the molecule is Cc1ccc(CN(CC(=O)Nc2ccccc2)S(C)(=O)=O)cc1. The van der Waals surface area contributed by atoms with Gasteiger partial charge >= 0.3 is 0 Å². The van der Waals surface area contributed by atoms with E-state index in [1.807, 2.05) is 37.3 Å². The van der Waals surface area contributed by atoms with Crippen molar-refractivity contribution in [2.45, 2.75) is 13.5 Å². The molecule has 6 heteroatoms. The average Bonchev–Trinajstić information content (AvgIpc) is 2.49. The summed E-state index contributed by atoms with van der Waals surface area (Å²) in [5, 5.41) is 2.69. The highest BCUT2D eigenvalue weighted by atomic mass is 32.2. The number of carbonyl (C=O) groups is 1. The first-order valence-electron chi connectivity index (χ1n) is 7.20. The molecule has 0 spiro atoms. The van der Waals surface area contributed by atoms with Crippen molar-refractivity contribution in [2.24, 2.45) is 0 Å². The predicted molar refractivity (Wildman–Crippen MR) is 91.5 cm³/mol. The van der Waals surface area contributed by atoms with E-state index in [4.69, 9.17) is 0 Å². The molecule has 0 aliphatic rings. The molecule has 0 fully saturated rings. The monoisotopic (exact) mass is 332 g/mol. The summed E-state index contributed by atoms with van der Waals surface area (Å²) in [4.78, 5) is 12.1. The summed E-state index contributed by atoms with van der Waals surface area (Å²) in [7, 11) is -3.49. The fourth-order valence-electron chi connectivity index (χ4n) is 2.07. The van der Waals surface area contributed by atoms with Crippen molar-refractivity contribution >= 4 is 21.6 Å². The molecular weight excluding hydrogens is 312 g/mol. The Bertz CT molecular complexity index is 756. The number of amides is 1. The molecule has 0 atom stereocenters. The van der Waals surface area contributed by atoms with Crippen LogP contribution in [0.4, 0.5) is 5.69 Å². The lowest BCUT2D eigenvalue weighted by atomic mass is 10.1. The number of nitrogens with one attached hydrogen (secondary N) is 1. The van der Waals surface area contributed by atoms with Gasteiger partial charge in [-0.1, -0.05) is 48.0 Å². The van der Waals surface area contributed by atoms with E-state index in [0.717, 1.165) is 21.7 Å². The molecule has 0 unspecified atom stereocenters. The van der Waals surface area contributed by atoms with E-state index in [9.17, 15) is 13.2 Å². The zero-order valence-electron chi connectivity index (χ0n) is 13.2. The standard InChI is InChI=1S/C17H20N2O3S/c1-14-8-10-15(11-9-14)12-19(23(2,21)22)13-17(20)18-16-6-4-3-5-7-16/h3-11H,12-13H2,1-2H3,(H,18,20). The zero-order chi connectivity index (χ0) is 16.9. The smallest absolute Gasteiger partial charge is 0.239 e. The van der Waals surface area contributed by atoms with Crippen molar-refractivity contribution in [3.8, 4) is 0 Å². The van der Waals surface area contributed by atoms with Crippen molar-refractivity contribution in [1.29, 1.82) is 0 Å². The molecule has 0 bridgehead atoms. The van der Waals surface area contributed by atoms with Crippen LogP contribution < -0.4 is 5.32 Å². The van der Waals surface area contributed by atoms with Crippen LogP contribution in [0.3, 0.4) is 0 Å². The third-order valence-electron chi connectivity index (χ3n) is 3.33. The van der Waals surface area contributed by atoms with Crippen LogP contribution in [0.2, 0.25) is 0 Å². The molecule has 0 aliphatic heterocycles. The highest BCUT2D eigenvalue weighted by Crippen LogP contribution is 2.11. The van der Waals surface area contributed by atoms with Crippen LogP contribution in [0, 0.1) is 6.92 Å². The van der Waals surface area contributed by atoms with Crippen molar-refractivity contribution in [2.75, 3.05) is 18.1 Å². The summed E-state index contributed by atoms with van der Waals surface area (Å²) in [6, 6.07) is 16.5. The molecule has 0 heterocycles. The Morgan fingerprint density at radius 3 is 2.22 bits per heavy atom. The first-order valence-corrected chi connectivity index (χ1v) is 9.05. The molecule has 0 radical (unpaired) electrons. The van der Waals surface area contributed by atoms with Gasteiger partial charge in [0.25, 0.3) is 0 Å². The van der Waals surface area contributed by atoms with E-state index in [0.29, 0.717) is 5.69 Å². The Morgan fingerprint density at radius 2 is 1.65 bits per heavy atom. The van der Waals surface area contributed by atoms with E-state index >= 15 is 0 Å². The summed E-state index contributed by atoms with van der Waals surface area (Å²) in [5.74, 6) is -0.367. The van der Waals surface area contributed by atoms with E-state index in [1.54, 1.807) is 24.3 Å². The molecule has 0 saturated heterocycles. The molecule has 2 aromatic carbocycles. The van der Waals surface area contributed by atoms with Crippen LogP contribution in [-0.2, 0) is 21.4 Å². The van der Waals surface area contributed by atoms with Crippen molar-refractivity contribution in [3.05, 3.63) is 65.7 Å². The number of benzene rings is 2. The number of anilines is 1. The highest BCUT2D eigenvalue weighted by Gasteiger charge is 2.20. The quantitative estimate of drug-likeness (QED) is 0.883. The molecule has 2 aromatic rings. The Labute approximate surface area is 137 Å². The molecule has 2 rings (SSSR count). The predicted octanol–water partition coefficient (Wildman–Crippen LogP) is 2.40. The van der Waals surface area contributed by atoms with Crippen LogP contribution in [0.25, 0.3) is 0 Å². The van der Waals surface area contributed by atoms with Gasteiger partial charge in [0.1, 0.15) is 0 Å². The van der Waals surface area contributed by atoms with Crippen LogP contribution in [-0.4, -0.2) is 31.4 Å². The van der Waals surface area contributed by atoms with Gasteiger partial charge in [-0.25, -0.2) is 8.42 Å². The lowest BCUT2D eigenvalue weighted by molar-refractivity contribution is -0.116. The summed E-state index contributed by atoms with van der Waals surface area (Å²) in [6.07, 6.45) is 1.11. The van der Waals surface area contributed by atoms with Crippen LogP contribution in [0.1, 0.15) is 11.1 Å². The fourth-order valence-corrected chi connectivity index (χ4v) is 2.81. The molecule has 1 amide bonds. The minimum Gasteiger partial charge on any atom is -0.325 e. The average molecular weight is 332 g/mol. The minimum atomic E-state index is -3.49. The molecular formula is C17H20N2O3S. The summed E-state index contributed by atoms with van der Waals surface area (Å²) in [6.45, 7) is 1.91. The number of sulfonamides is 1. The summed E-state index contributed by atoms with van der Waals surface area (Å²) in [5.41, 5.74) is 2.58. The topological polar surface area (TPSA) is 66.5 Å². The largest absolute Gasteiger partial charge is 0.325 e. The Kier molecular flexibility index (Phi) is 5.52.